The minimum atomic E-state index is 0.395. The van der Waals surface area contributed by atoms with Crippen LogP contribution < -0.4 is 0 Å². The fourth-order valence-electron chi connectivity index (χ4n) is 1.97. The molecule has 2 heteroatoms. The van der Waals surface area contributed by atoms with Crippen LogP contribution in [0.1, 0.15) is 33.6 Å². The maximum atomic E-state index is 11.2. The fourth-order valence-corrected chi connectivity index (χ4v) is 1.97. The molecular formula is C13H21NO. The Morgan fingerprint density at radius 2 is 2.27 bits per heavy atom. The zero-order valence-corrected chi connectivity index (χ0v) is 9.99. The van der Waals surface area contributed by atoms with E-state index >= 15 is 0 Å². The van der Waals surface area contributed by atoms with Gasteiger partial charge in [0, 0.05) is 32.0 Å². The molecule has 0 aromatic carbocycles. The predicted molar refractivity (Wildman–Crippen MR) is 63.8 cm³/mol. The van der Waals surface area contributed by atoms with Gasteiger partial charge in [-0.3, -0.25) is 9.69 Å². The third-order valence-corrected chi connectivity index (χ3v) is 2.96. The molecule has 1 fully saturated rings. The topological polar surface area (TPSA) is 20.3 Å². The van der Waals surface area contributed by atoms with E-state index in [9.17, 15) is 4.79 Å². The summed E-state index contributed by atoms with van der Waals surface area (Å²) in [5, 5.41) is 0. The van der Waals surface area contributed by atoms with Gasteiger partial charge in [0.15, 0.2) is 0 Å². The van der Waals surface area contributed by atoms with Crippen LogP contribution in [0.2, 0.25) is 0 Å². The van der Waals surface area contributed by atoms with E-state index in [4.69, 9.17) is 0 Å². The van der Waals surface area contributed by atoms with Crippen LogP contribution >= 0.6 is 0 Å². The summed E-state index contributed by atoms with van der Waals surface area (Å²) in [5.41, 5.74) is 1.33. The first-order valence-electron chi connectivity index (χ1n) is 5.71. The van der Waals surface area contributed by atoms with Gasteiger partial charge in [0.1, 0.15) is 5.78 Å². The Labute approximate surface area is 92.7 Å². The number of piperidine rings is 1. The van der Waals surface area contributed by atoms with Gasteiger partial charge in [0.25, 0.3) is 0 Å². The molecule has 1 rings (SSSR count). The number of rotatable bonds is 3. The number of nitrogens with zero attached hydrogens (tertiary/aromatic N) is 1. The van der Waals surface area contributed by atoms with E-state index in [0.717, 1.165) is 19.5 Å². The van der Waals surface area contributed by atoms with E-state index in [1.165, 1.54) is 5.57 Å². The maximum Gasteiger partial charge on any atom is 0.135 e. The summed E-state index contributed by atoms with van der Waals surface area (Å²) in [7, 11) is 0. The molecule has 1 atom stereocenters. The number of carbonyl (C=O) groups excluding carboxylic acids is 1. The average Bonchev–Trinajstić information content (AvgIpc) is 2.21. The molecule has 1 aliphatic heterocycles. The van der Waals surface area contributed by atoms with Gasteiger partial charge < -0.3 is 0 Å². The zero-order chi connectivity index (χ0) is 11.3. The van der Waals surface area contributed by atoms with Crippen molar-refractivity contribution in [2.75, 3.05) is 13.1 Å². The van der Waals surface area contributed by atoms with E-state index < -0.39 is 0 Å². The van der Waals surface area contributed by atoms with E-state index in [2.05, 4.69) is 37.0 Å². The van der Waals surface area contributed by atoms with Crippen molar-refractivity contribution in [3.63, 3.8) is 0 Å². The van der Waals surface area contributed by atoms with Crippen molar-refractivity contribution >= 4 is 5.78 Å². The van der Waals surface area contributed by atoms with E-state index in [1.54, 1.807) is 0 Å². The number of hydrogen-bond acceptors (Lipinski definition) is 2. The lowest BCUT2D eigenvalue weighted by molar-refractivity contribution is -0.122. The Morgan fingerprint density at radius 1 is 1.53 bits per heavy atom. The summed E-state index contributed by atoms with van der Waals surface area (Å²) in [6.07, 6.45) is 7.78. The molecule has 15 heavy (non-hydrogen) atoms. The van der Waals surface area contributed by atoms with Crippen LogP contribution in [0.5, 0.6) is 0 Å². The number of allylic oxidation sites excluding steroid dienone is 2. The monoisotopic (exact) mass is 207 g/mol. The lowest BCUT2D eigenvalue weighted by atomic mass is 10.0. The van der Waals surface area contributed by atoms with Gasteiger partial charge >= 0.3 is 0 Å². The first kappa shape index (κ1) is 12.2. The van der Waals surface area contributed by atoms with Crippen LogP contribution in [0.15, 0.2) is 23.8 Å². The number of Topliss-reactive ketones (excluding diaryl/α,β-unsaturated/α-hetero) is 1. The van der Waals surface area contributed by atoms with E-state index in [-0.39, 0.29) is 0 Å². The molecule has 0 aromatic rings. The second kappa shape index (κ2) is 5.86. The highest BCUT2D eigenvalue weighted by Crippen LogP contribution is 2.15. The van der Waals surface area contributed by atoms with Gasteiger partial charge in [-0.1, -0.05) is 18.2 Å². The number of hydrogen-bond donors (Lipinski definition) is 0. The molecule has 0 N–H and O–H groups in total. The van der Waals surface area contributed by atoms with Gasteiger partial charge in [0.05, 0.1) is 0 Å². The minimum absolute atomic E-state index is 0.395. The lowest BCUT2D eigenvalue weighted by Gasteiger charge is -2.32. The summed E-state index contributed by atoms with van der Waals surface area (Å²) < 4.78 is 0. The van der Waals surface area contributed by atoms with Crippen molar-refractivity contribution in [3.05, 3.63) is 23.8 Å². The van der Waals surface area contributed by atoms with Crippen LogP contribution in [-0.2, 0) is 4.79 Å². The smallest absolute Gasteiger partial charge is 0.135 e. The molecule has 1 heterocycles. The predicted octanol–water partition coefficient (Wildman–Crippen LogP) is 2.56. The summed E-state index contributed by atoms with van der Waals surface area (Å²) >= 11 is 0. The highest BCUT2D eigenvalue weighted by molar-refractivity contribution is 5.79. The molecule has 0 radical (unpaired) electrons. The number of likely N-dealkylation sites (tertiary alicyclic amines) is 1. The van der Waals surface area contributed by atoms with Gasteiger partial charge in [0.2, 0.25) is 0 Å². The van der Waals surface area contributed by atoms with Gasteiger partial charge in [-0.05, 0) is 26.3 Å². The van der Waals surface area contributed by atoms with Crippen LogP contribution in [0.3, 0.4) is 0 Å². The van der Waals surface area contributed by atoms with Gasteiger partial charge in [-0.15, -0.1) is 0 Å². The Kier molecular flexibility index (Phi) is 4.76. The fraction of sp³-hybridized carbons (Fsp3) is 0.615. The highest BCUT2D eigenvalue weighted by Gasteiger charge is 2.23. The molecule has 0 bridgehead atoms. The Hall–Kier alpha value is -0.890. The van der Waals surface area contributed by atoms with Crippen molar-refractivity contribution in [1.82, 2.24) is 4.90 Å². The highest BCUT2D eigenvalue weighted by atomic mass is 16.1. The Morgan fingerprint density at radius 3 is 2.80 bits per heavy atom. The average molecular weight is 207 g/mol. The first-order chi connectivity index (χ1) is 7.17. The number of carbonyl (C=O) groups is 1. The van der Waals surface area contributed by atoms with Crippen LogP contribution in [-0.4, -0.2) is 29.8 Å². The first-order valence-corrected chi connectivity index (χ1v) is 5.71. The largest absolute Gasteiger partial charge is 0.300 e. The summed E-state index contributed by atoms with van der Waals surface area (Å²) in [6.45, 7) is 8.12. The van der Waals surface area contributed by atoms with Crippen molar-refractivity contribution in [3.8, 4) is 0 Å². The minimum Gasteiger partial charge on any atom is -0.300 e. The molecule has 0 aromatic heterocycles. The summed E-state index contributed by atoms with van der Waals surface area (Å²) in [4.78, 5) is 13.6. The molecule has 1 saturated heterocycles. The van der Waals surface area contributed by atoms with Crippen LogP contribution in [0.4, 0.5) is 0 Å². The second-order valence-electron chi connectivity index (χ2n) is 4.18. The normalized spacial score (nSPS) is 25.1. The molecule has 1 aliphatic rings. The van der Waals surface area contributed by atoms with Crippen molar-refractivity contribution in [1.29, 1.82) is 0 Å². The lowest BCUT2D eigenvalue weighted by Crippen LogP contribution is -2.41. The van der Waals surface area contributed by atoms with Crippen molar-refractivity contribution in [2.24, 2.45) is 0 Å². The van der Waals surface area contributed by atoms with E-state index in [1.807, 2.05) is 6.92 Å². The quantitative estimate of drug-likeness (QED) is 0.663. The third kappa shape index (κ3) is 3.63. The van der Waals surface area contributed by atoms with Crippen LogP contribution in [0.25, 0.3) is 0 Å². The number of ketones is 1. The maximum absolute atomic E-state index is 11.2. The molecule has 0 spiro atoms. The zero-order valence-electron chi connectivity index (χ0n) is 9.99. The van der Waals surface area contributed by atoms with Crippen molar-refractivity contribution < 1.29 is 4.79 Å². The Balaban J connectivity index is 2.54. The molecule has 1 unspecified atom stereocenters. The summed E-state index contributed by atoms with van der Waals surface area (Å²) in [6, 6.07) is 0.395. The molecule has 0 amide bonds. The third-order valence-electron chi connectivity index (χ3n) is 2.96. The molecular weight excluding hydrogens is 186 g/mol. The van der Waals surface area contributed by atoms with Gasteiger partial charge in [-0.2, -0.15) is 0 Å². The molecule has 0 aliphatic carbocycles. The SMILES string of the molecule is C/C=C\C(=C/C)CN1CCC(=O)CC1C. The summed E-state index contributed by atoms with van der Waals surface area (Å²) in [5.74, 6) is 0.409. The Bertz CT molecular complexity index is 278. The second-order valence-corrected chi connectivity index (χ2v) is 4.18. The van der Waals surface area contributed by atoms with Crippen LogP contribution in [0, 0.1) is 0 Å². The molecule has 0 saturated carbocycles. The standard InChI is InChI=1S/C13H21NO/c1-4-6-12(5-2)10-14-8-7-13(15)9-11(14)3/h4-6,11H,7-10H2,1-3H3/b6-4-,12-5+. The van der Waals surface area contributed by atoms with E-state index in [0.29, 0.717) is 18.2 Å². The molecule has 2 nitrogen and oxygen atoms in total. The molecule has 84 valence electrons. The van der Waals surface area contributed by atoms with Crippen molar-refractivity contribution in [2.45, 2.75) is 39.7 Å². The van der Waals surface area contributed by atoms with Gasteiger partial charge in [-0.25, -0.2) is 0 Å².